The van der Waals surface area contributed by atoms with E-state index in [2.05, 4.69) is 0 Å². The van der Waals surface area contributed by atoms with Gasteiger partial charge in [0, 0.05) is 0 Å². The van der Waals surface area contributed by atoms with Crippen LogP contribution >= 0.6 is 0 Å². The van der Waals surface area contributed by atoms with E-state index in [0.717, 1.165) is 0 Å². The lowest BCUT2D eigenvalue weighted by Crippen LogP contribution is -2.70. The number of ether oxygens (including phenoxy) is 1. The predicted molar refractivity (Wildman–Crippen MR) is 45.5 cm³/mol. The maximum atomic E-state index is 13.1. The van der Waals surface area contributed by atoms with Crippen molar-refractivity contribution in [3.63, 3.8) is 0 Å². The first-order valence-electron chi connectivity index (χ1n) is 5.65. The fraction of sp³-hybridized carbons (Fsp3) is 1.00. The molecule has 0 saturated heterocycles. The van der Waals surface area contributed by atoms with Gasteiger partial charge in [-0.25, -0.2) is 4.39 Å². The molecule has 0 aromatic rings. The molecular weight excluding hydrogens is 428 g/mol. The summed E-state index contributed by atoms with van der Waals surface area (Å²) in [5, 5.41) is 0. The fourth-order valence-electron chi connectivity index (χ4n) is 1.95. The third-order valence-corrected chi connectivity index (χ3v) is 3.31. The van der Waals surface area contributed by atoms with Gasteiger partial charge in [0.25, 0.3) is 0 Å². The number of rotatable bonds is 2. The van der Waals surface area contributed by atoms with E-state index in [4.69, 9.17) is 0 Å². The Hall–Kier alpha value is -1.16. The van der Waals surface area contributed by atoms with E-state index < -0.39 is 54.2 Å². The Balaban J connectivity index is 3.70. The van der Waals surface area contributed by atoms with E-state index in [9.17, 15) is 70.2 Å². The molecule has 0 aromatic carbocycles. The standard InChI is InChI=1S/C9H2F16O/c10-1-2(4(13,14)6(15,16)3(1,11)12)26-5(7(17,18)19,8(20,21)22)9(23,24)25/h1-2H/t1-,2+/m0/s1. The summed E-state index contributed by atoms with van der Waals surface area (Å²) in [5.74, 6) is -20.4. The first kappa shape index (κ1) is 22.9. The van der Waals surface area contributed by atoms with Gasteiger partial charge in [0.2, 0.25) is 6.17 Å². The minimum atomic E-state index is -7.72. The summed E-state index contributed by atoms with van der Waals surface area (Å²) < 4.78 is 205. The van der Waals surface area contributed by atoms with Gasteiger partial charge in [-0.05, 0) is 0 Å². The third-order valence-electron chi connectivity index (χ3n) is 3.31. The molecule has 17 heteroatoms. The molecule has 1 nitrogen and oxygen atoms in total. The second-order valence-corrected chi connectivity index (χ2v) is 4.94. The van der Waals surface area contributed by atoms with Crippen LogP contribution in [-0.4, -0.2) is 54.2 Å². The van der Waals surface area contributed by atoms with Gasteiger partial charge in [0.15, 0.2) is 6.10 Å². The third kappa shape index (κ3) is 2.59. The summed E-state index contributed by atoms with van der Waals surface area (Å²) >= 11 is 0. The molecule has 0 aromatic heterocycles. The van der Waals surface area contributed by atoms with Crippen molar-refractivity contribution >= 4 is 0 Å². The van der Waals surface area contributed by atoms with Gasteiger partial charge >= 0.3 is 41.9 Å². The smallest absolute Gasteiger partial charge is 0.338 e. The highest BCUT2D eigenvalue weighted by atomic mass is 19.4. The molecular formula is C9H2F16O. The van der Waals surface area contributed by atoms with Gasteiger partial charge < -0.3 is 4.74 Å². The number of hydrogen-bond donors (Lipinski definition) is 0. The molecule has 0 amide bonds. The van der Waals surface area contributed by atoms with Crippen molar-refractivity contribution in [2.24, 2.45) is 0 Å². The largest absolute Gasteiger partial charge is 0.435 e. The molecule has 156 valence electrons. The van der Waals surface area contributed by atoms with E-state index in [1.54, 1.807) is 0 Å². The highest BCUT2D eigenvalue weighted by Crippen LogP contribution is 2.62. The van der Waals surface area contributed by atoms with Gasteiger partial charge in [-0.2, -0.15) is 65.9 Å². The summed E-state index contributed by atoms with van der Waals surface area (Å²) in [6.07, 6.45) is -33.9. The van der Waals surface area contributed by atoms with E-state index in [1.165, 1.54) is 0 Å². The molecule has 0 N–H and O–H groups in total. The number of hydrogen-bond acceptors (Lipinski definition) is 1. The fourth-order valence-corrected chi connectivity index (χ4v) is 1.95. The van der Waals surface area contributed by atoms with Crippen LogP contribution in [0.5, 0.6) is 0 Å². The van der Waals surface area contributed by atoms with Crippen LogP contribution in [0.3, 0.4) is 0 Å². The molecule has 1 rings (SSSR count). The van der Waals surface area contributed by atoms with Crippen molar-refractivity contribution in [2.75, 3.05) is 0 Å². The minimum absolute atomic E-state index is 2.03. The molecule has 1 aliphatic rings. The molecule has 0 bridgehead atoms. The second kappa shape index (κ2) is 5.43. The normalized spacial score (nSPS) is 29.1. The van der Waals surface area contributed by atoms with Crippen LogP contribution in [0.15, 0.2) is 0 Å². The van der Waals surface area contributed by atoms with Gasteiger partial charge in [-0.3, -0.25) is 0 Å². The van der Waals surface area contributed by atoms with Gasteiger partial charge in [0.1, 0.15) is 0 Å². The predicted octanol–water partition coefficient (Wildman–Crippen LogP) is 5.05. The van der Waals surface area contributed by atoms with Crippen molar-refractivity contribution in [1.82, 2.24) is 0 Å². The quantitative estimate of drug-likeness (QED) is 0.558. The zero-order valence-electron chi connectivity index (χ0n) is 11.1. The molecule has 0 unspecified atom stereocenters. The highest BCUT2D eigenvalue weighted by molar-refractivity contribution is 5.17. The molecule has 0 aliphatic heterocycles. The Labute approximate surface area is 130 Å². The zero-order chi connectivity index (χ0) is 21.4. The summed E-state index contributed by atoms with van der Waals surface area (Å²) in [5.41, 5.74) is -7.64. The van der Waals surface area contributed by atoms with Gasteiger partial charge in [0.05, 0.1) is 0 Å². The zero-order valence-corrected chi connectivity index (χ0v) is 11.1. The van der Waals surface area contributed by atoms with Crippen LogP contribution in [-0.2, 0) is 4.74 Å². The number of halogens is 16. The van der Waals surface area contributed by atoms with Gasteiger partial charge in [-0.1, -0.05) is 0 Å². The Morgan fingerprint density at radius 3 is 1.08 bits per heavy atom. The van der Waals surface area contributed by atoms with E-state index in [0.29, 0.717) is 0 Å². The molecule has 1 fully saturated rings. The summed E-state index contributed by atoms with van der Waals surface area (Å²) in [6, 6.07) is 0. The summed E-state index contributed by atoms with van der Waals surface area (Å²) in [6.45, 7) is 0. The molecule has 2 atom stereocenters. The Kier molecular flexibility index (Phi) is 4.78. The van der Waals surface area contributed by atoms with Crippen molar-refractivity contribution in [1.29, 1.82) is 0 Å². The van der Waals surface area contributed by atoms with Crippen LogP contribution in [0, 0.1) is 0 Å². The Bertz CT molecular complexity index is 501. The van der Waals surface area contributed by atoms with Crippen molar-refractivity contribution in [3.8, 4) is 0 Å². The van der Waals surface area contributed by atoms with E-state index in [-0.39, 0.29) is 0 Å². The second-order valence-electron chi connectivity index (χ2n) is 4.94. The molecule has 0 spiro atoms. The molecule has 1 saturated carbocycles. The average molecular weight is 430 g/mol. The minimum Gasteiger partial charge on any atom is -0.338 e. The molecule has 0 radical (unpaired) electrons. The van der Waals surface area contributed by atoms with Crippen LogP contribution < -0.4 is 0 Å². The lowest BCUT2D eigenvalue weighted by molar-refractivity contribution is -0.473. The monoisotopic (exact) mass is 430 g/mol. The van der Waals surface area contributed by atoms with E-state index in [1.807, 2.05) is 4.74 Å². The lowest BCUT2D eigenvalue weighted by Gasteiger charge is -2.40. The highest BCUT2D eigenvalue weighted by Gasteiger charge is 2.92. The molecule has 0 heterocycles. The SMILES string of the molecule is F[C@H]1[C@@H](OC(C(F)(F)F)(C(F)(F)F)C(F)(F)F)C(F)(F)C(F)(F)C1(F)F. The summed E-state index contributed by atoms with van der Waals surface area (Å²) in [7, 11) is 0. The van der Waals surface area contributed by atoms with E-state index >= 15 is 0 Å². The first-order valence-corrected chi connectivity index (χ1v) is 5.65. The van der Waals surface area contributed by atoms with Crippen molar-refractivity contribution in [3.05, 3.63) is 0 Å². The average Bonchev–Trinajstić information content (AvgIpc) is 2.40. The van der Waals surface area contributed by atoms with Crippen LogP contribution in [0.2, 0.25) is 0 Å². The van der Waals surface area contributed by atoms with Gasteiger partial charge in [-0.15, -0.1) is 0 Å². The molecule has 1 aliphatic carbocycles. The van der Waals surface area contributed by atoms with Crippen molar-refractivity contribution in [2.45, 2.75) is 54.2 Å². The lowest BCUT2D eigenvalue weighted by atomic mass is 10.0. The Morgan fingerprint density at radius 2 is 0.885 bits per heavy atom. The summed E-state index contributed by atoms with van der Waals surface area (Å²) in [4.78, 5) is 0. The maximum Gasteiger partial charge on any atom is 0.435 e. The van der Waals surface area contributed by atoms with Crippen molar-refractivity contribution < 1.29 is 75.0 Å². The van der Waals surface area contributed by atoms with Crippen LogP contribution in [0.4, 0.5) is 70.2 Å². The number of alkyl halides is 16. The van der Waals surface area contributed by atoms with Crippen LogP contribution in [0.25, 0.3) is 0 Å². The Morgan fingerprint density at radius 1 is 0.577 bits per heavy atom. The molecule has 26 heavy (non-hydrogen) atoms. The first-order chi connectivity index (χ1) is 11.0. The topological polar surface area (TPSA) is 9.23 Å². The van der Waals surface area contributed by atoms with Crippen LogP contribution in [0.1, 0.15) is 0 Å². The maximum absolute atomic E-state index is 13.1.